The van der Waals surface area contributed by atoms with Gasteiger partial charge >= 0.3 is 0 Å². The van der Waals surface area contributed by atoms with Crippen LogP contribution < -0.4 is 11.1 Å². The van der Waals surface area contributed by atoms with Crippen LogP contribution in [0.1, 0.15) is 58.9 Å². The van der Waals surface area contributed by atoms with Gasteiger partial charge in [-0.3, -0.25) is 4.79 Å². The minimum Gasteiger partial charge on any atom is -0.324 e. The Balaban J connectivity index is 2.20. The molecule has 1 aliphatic carbocycles. The Kier molecular flexibility index (Phi) is 4.43. The number of hydrogen-bond donors (Lipinski definition) is 2. The van der Waals surface area contributed by atoms with Crippen LogP contribution in [0.4, 0.5) is 5.69 Å². The average molecular weight is 288 g/mol. The van der Waals surface area contributed by atoms with Crippen LogP contribution >= 0.6 is 0 Å². The van der Waals surface area contributed by atoms with E-state index in [1.165, 1.54) is 6.42 Å². The molecule has 1 saturated carbocycles. The highest BCUT2D eigenvalue weighted by Crippen LogP contribution is 2.33. The average Bonchev–Trinajstić information content (AvgIpc) is 2.37. The van der Waals surface area contributed by atoms with Crippen LogP contribution in [0.25, 0.3) is 0 Å². The third-order valence-electron chi connectivity index (χ3n) is 4.47. The summed E-state index contributed by atoms with van der Waals surface area (Å²) in [5.74, 6) is 0.484. The summed E-state index contributed by atoms with van der Waals surface area (Å²) in [5.41, 5.74) is 7.69. The number of benzene rings is 1. The highest BCUT2D eigenvalue weighted by molar-refractivity contribution is 5.98. The maximum Gasteiger partial charge on any atom is 0.244 e. The predicted octanol–water partition coefficient (Wildman–Crippen LogP) is 3.83. The molecule has 21 heavy (non-hydrogen) atoms. The minimum atomic E-state index is -0.720. The van der Waals surface area contributed by atoms with E-state index in [1.54, 1.807) is 0 Å². The van der Waals surface area contributed by atoms with Crippen molar-refractivity contribution in [3.05, 3.63) is 29.8 Å². The first-order valence-corrected chi connectivity index (χ1v) is 7.92. The van der Waals surface area contributed by atoms with Gasteiger partial charge in [-0.25, -0.2) is 0 Å². The molecule has 2 atom stereocenters. The SMILES string of the molecule is CC1CCCC(N)(C(=O)Nc2ccccc2C(C)(C)C)C1. The molecule has 1 fully saturated rings. The fourth-order valence-electron chi connectivity index (χ4n) is 3.29. The van der Waals surface area contributed by atoms with Crippen molar-refractivity contribution in [1.82, 2.24) is 0 Å². The Hall–Kier alpha value is -1.35. The number of rotatable bonds is 2. The quantitative estimate of drug-likeness (QED) is 0.869. The highest BCUT2D eigenvalue weighted by Gasteiger charge is 2.38. The van der Waals surface area contributed by atoms with Crippen molar-refractivity contribution >= 4 is 11.6 Å². The standard InChI is InChI=1S/C18H28N2O/c1-13-8-7-11-18(19,12-13)16(21)20-15-10-6-5-9-14(15)17(2,3)4/h5-6,9-10,13H,7-8,11-12,19H2,1-4H3,(H,20,21). The summed E-state index contributed by atoms with van der Waals surface area (Å²) in [6.45, 7) is 8.63. The number of para-hydroxylation sites is 1. The number of nitrogens with two attached hydrogens (primary N) is 1. The van der Waals surface area contributed by atoms with Gasteiger partial charge in [0.25, 0.3) is 0 Å². The van der Waals surface area contributed by atoms with Gasteiger partial charge in [0.15, 0.2) is 0 Å². The van der Waals surface area contributed by atoms with Crippen LogP contribution in [0.15, 0.2) is 24.3 Å². The summed E-state index contributed by atoms with van der Waals surface area (Å²) in [7, 11) is 0. The zero-order chi connectivity index (χ0) is 15.7. The van der Waals surface area contributed by atoms with Crippen molar-refractivity contribution < 1.29 is 4.79 Å². The summed E-state index contributed by atoms with van der Waals surface area (Å²) in [5, 5.41) is 3.08. The third kappa shape index (κ3) is 3.65. The van der Waals surface area contributed by atoms with Gasteiger partial charge < -0.3 is 11.1 Å². The minimum absolute atomic E-state index is 0.00844. The van der Waals surface area contributed by atoms with Gasteiger partial charge in [-0.05, 0) is 35.8 Å². The maximum atomic E-state index is 12.7. The number of nitrogens with one attached hydrogen (secondary N) is 1. The lowest BCUT2D eigenvalue weighted by Gasteiger charge is -2.36. The first-order chi connectivity index (χ1) is 9.72. The van der Waals surface area contributed by atoms with Crippen LogP contribution in [0.2, 0.25) is 0 Å². The first kappa shape index (κ1) is 16.0. The molecule has 3 nitrogen and oxygen atoms in total. The topological polar surface area (TPSA) is 55.1 Å². The summed E-state index contributed by atoms with van der Waals surface area (Å²) in [4.78, 5) is 12.7. The molecule has 0 bridgehead atoms. The molecule has 3 heteroatoms. The molecule has 0 aliphatic heterocycles. The van der Waals surface area contributed by atoms with E-state index >= 15 is 0 Å². The van der Waals surface area contributed by atoms with Gasteiger partial charge in [0.1, 0.15) is 0 Å². The third-order valence-corrected chi connectivity index (χ3v) is 4.47. The van der Waals surface area contributed by atoms with E-state index in [1.807, 2.05) is 18.2 Å². The van der Waals surface area contributed by atoms with E-state index in [2.05, 4.69) is 39.1 Å². The van der Waals surface area contributed by atoms with E-state index < -0.39 is 5.54 Å². The first-order valence-electron chi connectivity index (χ1n) is 7.92. The summed E-state index contributed by atoms with van der Waals surface area (Å²) < 4.78 is 0. The Morgan fingerprint density at radius 3 is 2.62 bits per heavy atom. The van der Waals surface area contributed by atoms with Gasteiger partial charge in [-0.2, -0.15) is 0 Å². The molecule has 2 unspecified atom stereocenters. The van der Waals surface area contributed by atoms with E-state index in [-0.39, 0.29) is 11.3 Å². The molecular formula is C18H28N2O. The lowest BCUT2D eigenvalue weighted by atomic mass is 9.76. The van der Waals surface area contributed by atoms with E-state index in [9.17, 15) is 4.79 Å². The Bertz CT molecular complexity index is 518. The van der Waals surface area contributed by atoms with E-state index in [0.29, 0.717) is 5.92 Å². The summed E-state index contributed by atoms with van der Waals surface area (Å²) in [6.07, 6.45) is 3.76. The highest BCUT2D eigenvalue weighted by atomic mass is 16.2. The molecule has 1 amide bonds. The molecule has 1 aliphatic rings. The van der Waals surface area contributed by atoms with Crippen molar-refractivity contribution in [2.45, 2.75) is 64.3 Å². The van der Waals surface area contributed by atoms with E-state index in [0.717, 1.165) is 30.5 Å². The molecule has 0 spiro atoms. The van der Waals surface area contributed by atoms with Crippen molar-refractivity contribution in [2.75, 3.05) is 5.32 Å². The molecule has 116 valence electrons. The molecule has 0 heterocycles. The van der Waals surface area contributed by atoms with Crippen LogP contribution in [-0.2, 0) is 10.2 Å². The maximum absolute atomic E-state index is 12.7. The molecule has 1 aromatic carbocycles. The van der Waals surface area contributed by atoms with Gasteiger partial charge in [0.2, 0.25) is 5.91 Å². The second-order valence-electron chi connectivity index (χ2n) is 7.61. The fourth-order valence-corrected chi connectivity index (χ4v) is 3.29. The molecule has 3 N–H and O–H groups in total. The molecule has 0 radical (unpaired) electrons. The van der Waals surface area contributed by atoms with Crippen molar-refractivity contribution in [2.24, 2.45) is 11.7 Å². The lowest BCUT2D eigenvalue weighted by molar-refractivity contribution is -0.122. The number of anilines is 1. The van der Waals surface area contributed by atoms with Gasteiger partial charge in [0.05, 0.1) is 5.54 Å². The normalized spacial score (nSPS) is 26.4. The zero-order valence-electron chi connectivity index (χ0n) is 13.7. The second kappa shape index (κ2) is 5.80. The summed E-state index contributed by atoms with van der Waals surface area (Å²) in [6, 6.07) is 8.01. The molecule has 0 aromatic heterocycles. The predicted molar refractivity (Wildman–Crippen MR) is 88.3 cm³/mol. The number of carbonyl (C=O) groups is 1. The zero-order valence-corrected chi connectivity index (χ0v) is 13.7. The van der Waals surface area contributed by atoms with Gasteiger partial charge in [0, 0.05) is 5.69 Å². The van der Waals surface area contributed by atoms with Crippen LogP contribution in [0, 0.1) is 5.92 Å². The molecular weight excluding hydrogens is 260 g/mol. The van der Waals surface area contributed by atoms with Gasteiger partial charge in [-0.15, -0.1) is 0 Å². The Morgan fingerprint density at radius 2 is 2.00 bits per heavy atom. The van der Waals surface area contributed by atoms with Gasteiger partial charge in [-0.1, -0.05) is 58.7 Å². The number of hydrogen-bond acceptors (Lipinski definition) is 2. The number of carbonyl (C=O) groups excluding carboxylic acids is 1. The fraction of sp³-hybridized carbons (Fsp3) is 0.611. The van der Waals surface area contributed by atoms with Crippen LogP contribution in [0.3, 0.4) is 0 Å². The smallest absolute Gasteiger partial charge is 0.244 e. The van der Waals surface area contributed by atoms with Crippen molar-refractivity contribution in [3.8, 4) is 0 Å². The summed E-state index contributed by atoms with van der Waals surface area (Å²) >= 11 is 0. The van der Waals surface area contributed by atoms with Crippen LogP contribution in [0.5, 0.6) is 0 Å². The monoisotopic (exact) mass is 288 g/mol. The molecule has 0 saturated heterocycles. The van der Waals surface area contributed by atoms with Crippen molar-refractivity contribution in [3.63, 3.8) is 0 Å². The lowest BCUT2D eigenvalue weighted by Crippen LogP contribution is -2.53. The molecule has 2 rings (SSSR count). The largest absolute Gasteiger partial charge is 0.324 e. The Morgan fingerprint density at radius 1 is 1.33 bits per heavy atom. The second-order valence-corrected chi connectivity index (χ2v) is 7.61. The van der Waals surface area contributed by atoms with Crippen molar-refractivity contribution in [1.29, 1.82) is 0 Å². The van der Waals surface area contributed by atoms with Crippen LogP contribution in [-0.4, -0.2) is 11.4 Å². The molecule has 1 aromatic rings. The Labute approximate surface area is 128 Å². The van der Waals surface area contributed by atoms with E-state index in [4.69, 9.17) is 5.73 Å². The number of amides is 1.